The van der Waals surface area contributed by atoms with E-state index in [1.165, 1.54) is 32.1 Å². The summed E-state index contributed by atoms with van der Waals surface area (Å²) in [6.45, 7) is 15.5. The van der Waals surface area contributed by atoms with Crippen LogP contribution in [-0.2, 0) is 19.0 Å². The molecular weight excluding hydrogens is 394 g/mol. The Kier molecular flexibility index (Phi) is 8.60. The minimum Gasteiger partial charge on any atom is -0.463 e. The van der Waals surface area contributed by atoms with Gasteiger partial charge >= 0.3 is 12.1 Å². The number of carbonyl (C=O) groups is 2. The molecule has 1 heterocycles. The molecule has 178 valence electrons. The van der Waals surface area contributed by atoms with Crippen molar-refractivity contribution in [3.63, 3.8) is 0 Å². The Morgan fingerprint density at radius 1 is 1.16 bits per heavy atom. The van der Waals surface area contributed by atoms with Crippen molar-refractivity contribution in [2.24, 2.45) is 11.8 Å². The predicted octanol–water partition coefficient (Wildman–Crippen LogP) is 5.84. The molecule has 6 nitrogen and oxygen atoms in total. The van der Waals surface area contributed by atoms with Gasteiger partial charge in [-0.15, -0.1) is 0 Å². The fourth-order valence-corrected chi connectivity index (χ4v) is 4.72. The Balaban J connectivity index is 2.40. The van der Waals surface area contributed by atoms with Crippen LogP contribution in [0, 0.1) is 11.8 Å². The Bertz CT molecular complexity index is 655. The van der Waals surface area contributed by atoms with Crippen LogP contribution in [0.15, 0.2) is 11.6 Å². The van der Waals surface area contributed by atoms with Crippen molar-refractivity contribution in [2.45, 2.75) is 117 Å². The van der Waals surface area contributed by atoms with Crippen molar-refractivity contribution < 1.29 is 23.8 Å². The Hall–Kier alpha value is -1.56. The van der Waals surface area contributed by atoms with E-state index in [0.717, 1.165) is 6.42 Å². The van der Waals surface area contributed by atoms with Crippen molar-refractivity contribution in [1.29, 1.82) is 0 Å². The Labute approximate surface area is 188 Å². The van der Waals surface area contributed by atoms with E-state index >= 15 is 0 Å². The van der Waals surface area contributed by atoms with Gasteiger partial charge in [-0.2, -0.15) is 0 Å². The lowest BCUT2D eigenvalue weighted by atomic mass is 9.83. The van der Waals surface area contributed by atoms with Gasteiger partial charge in [0.15, 0.2) is 0 Å². The van der Waals surface area contributed by atoms with Crippen LogP contribution >= 0.6 is 0 Å². The largest absolute Gasteiger partial charge is 0.463 e. The zero-order valence-corrected chi connectivity index (χ0v) is 20.8. The van der Waals surface area contributed by atoms with Gasteiger partial charge in [-0.1, -0.05) is 46.0 Å². The molecule has 31 heavy (non-hydrogen) atoms. The van der Waals surface area contributed by atoms with Crippen LogP contribution in [0.2, 0.25) is 0 Å². The van der Waals surface area contributed by atoms with Gasteiger partial charge in [0, 0.05) is 5.57 Å². The highest BCUT2D eigenvalue weighted by atomic mass is 16.6. The van der Waals surface area contributed by atoms with Crippen molar-refractivity contribution in [3.8, 4) is 0 Å². The van der Waals surface area contributed by atoms with E-state index in [-0.39, 0.29) is 30.1 Å². The van der Waals surface area contributed by atoms with Crippen LogP contribution in [-0.4, -0.2) is 47.0 Å². The molecule has 0 aromatic rings. The third-order valence-electron chi connectivity index (χ3n) is 6.08. The summed E-state index contributed by atoms with van der Waals surface area (Å²) in [7, 11) is 0. The highest BCUT2D eigenvalue weighted by Gasteiger charge is 2.51. The van der Waals surface area contributed by atoms with E-state index in [1.54, 1.807) is 11.8 Å². The second-order valence-electron chi connectivity index (χ2n) is 10.7. The topological polar surface area (TPSA) is 65.1 Å². The molecule has 2 rings (SSSR count). The molecule has 2 atom stereocenters. The third kappa shape index (κ3) is 6.96. The zero-order chi connectivity index (χ0) is 23.4. The first-order valence-corrected chi connectivity index (χ1v) is 11.9. The number of rotatable bonds is 6. The van der Waals surface area contributed by atoms with E-state index in [9.17, 15) is 9.59 Å². The molecule has 1 aliphatic heterocycles. The summed E-state index contributed by atoms with van der Waals surface area (Å²) < 4.78 is 17.4. The number of carbonyl (C=O) groups excluding carboxylic acids is 2. The number of amides is 1. The van der Waals surface area contributed by atoms with Crippen molar-refractivity contribution in [1.82, 2.24) is 4.90 Å². The summed E-state index contributed by atoms with van der Waals surface area (Å²) in [6, 6.07) is -0.184. The molecule has 6 heteroatoms. The quantitative estimate of drug-likeness (QED) is 0.386. The van der Waals surface area contributed by atoms with Crippen LogP contribution in [0.1, 0.15) is 93.9 Å². The molecular formula is C25H43NO5. The van der Waals surface area contributed by atoms with Crippen molar-refractivity contribution in [2.75, 3.05) is 6.61 Å². The molecule has 1 saturated heterocycles. The van der Waals surface area contributed by atoms with Gasteiger partial charge < -0.3 is 14.2 Å². The van der Waals surface area contributed by atoms with Crippen molar-refractivity contribution in [3.05, 3.63) is 11.6 Å². The summed E-state index contributed by atoms with van der Waals surface area (Å²) in [4.78, 5) is 27.6. The maximum atomic E-state index is 13.2. The van der Waals surface area contributed by atoms with E-state index in [1.807, 2.05) is 54.5 Å². The van der Waals surface area contributed by atoms with Gasteiger partial charge in [-0.25, -0.2) is 9.59 Å². The first-order chi connectivity index (χ1) is 14.4. The number of ether oxygens (including phenoxy) is 3. The van der Waals surface area contributed by atoms with E-state index in [2.05, 4.69) is 0 Å². The molecule has 0 aromatic heterocycles. The molecule has 2 aliphatic rings. The van der Waals surface area contributed by atoms with E-state index in [4.69, 9.17) is 14.2 Å². The fourth-order valence-electron chi connectivity index (χ4n) is 4.72. The SMILES string of the molecule is CCOC(=O)C(=CC1OC(C)(C)N(C(=O)OC(C)(C)C)C1CC1CCCCC1)C(C)C. The Morgan fingerprint density at radius 2 is 1.77 bits per heavy atom. The predicted molar refractivity (Wildman–Crippen MR) is 122 cm³/mol. The molecule has 1 amide bonds. The van der Waals surface area contributed by atoms with Crippen LogP contribution < -0.4 is 0 Å². The normalized spacial score (nSPS) is 25.1. The van der Waals surface area contributed by atoms with Crippen LogP contribution in [0.3, 0.4) is 0 Å². The molecule has 0 aromatic carbocycles. The van der Waals surface area contributed by atoms with Crippen molar-refractivity contribution >= 4 is 12.1 Å². The highest BCUT2D eigenvalue weighted by molar-refractivity contribution is 5.89. The summed E-state index contributed by atoms with van der Waals surface area (Å²) in [5, 5.41) is 0. The molecule has 0 radical (unpaired) electrons. The molecule has 2 fully saturated rings. The van der Waals surface area contributed by atoms with E-state index in [0.29, 0.717) is 18.1 Å². The van der Waals surface area contributed by atoms with E-state index < -0.39 is 11.3 Å². The molecule has 0 spiro atoms. The molecule has 1 saturated carbocycles. The van der Waals surface area contributed by atoms with Gasteiger partial charge in [-0.3, -0.25) is 4.90 Å². The minimum absolute atomic E-state index is 0.00308. The maximum Gasteiger partial charge on any atom is 0.412 e. The fraction of sp³-hybridized carbons (Fsp3) is 0.840. The summed E-state index contributed by atoms with van der Waals surface area (Å²) in [5.74, 6) is 0.227. The second-order valence-corrected chi connectivity index (χ2v) is 10.7. The zero-order valence-electron chi connectivity index (χ0n) is 20.8. The monoisotopic (exact) mass is 437 g/mol. The number of hydrogen-bond donors (Lipinski definition) is 0. The first-order valence-electron chi connectivity index (χ1n) is 11.9. The Morgan fingerprint density at radius 3 is 2.29 bits per heavy atom. The lowest BCUT2D eigenvalue weighted by Crippen LogP contribution is -2.50. The number of hydrogen-bond acceptors (Lipinski definition) is 5. The number of nitrogens with zero attached hydrogens (tertiary/aromatic N) is 1. The van der Waals surface area contributed by atoms with Gasteiger partial charge in [-0.05, 0) is 65.9 Å². The molecule has 0 bridgehead atoms. The minimum atomic E-state index is -0.834. The first kappa shape index (κ1) is 25.7. The summed E-state index contributed by atoms with van der Waals surface area (Å²) in [6.07, 6.45) is 8.07. The second kappa shape index (κ2) is 10.4. The standard InChI is InChI=1S/C25H43NO5/c1-9-29-22(27)19(17(2)3)16-21-20(15-18-13-11-10-12-14-18)26(25(7,8)30-21)23(28)31-24(4,5)6/h16-18,20-21H,9-15H2,1-8H3. The molecule has 0 N–H and O–H groups in total. The van der Waals surface area contributed by atoms with Gasteiger partial charge in [0.25, 0.3) is 0 Å². The smallest absolute Gasteiger partial charge is 0.412 e. The number of esters is 1. The van der Waals surface area contributed by atoms with Crippen LogP contribution in [0.4, 0.5) is 4.79 Å². The lowest BCUT2D eigenvalue weighted by Gasteiger charge is -2.36. The van der Waals surface area contributed by atoms with Crippen LogP contribution in [0.25, 0.3) is 0 Å². The maximum absolute atomic E-state index is 13.2. The lowest BCUT2D eigenvalue weighted by molar-refractivity contribution is -0.139. The summed E-state index contributed by atoms with van der Waals surface area (Å²) in [5.41, 5.74) is -0.827. The van der Waals surface area contributed by atoms with Gasteiger partial charge in [0.05, 0.1) is 18.8 Å². The molecule has 2 unspecified atom stereocenters. The highest BCUT2D eigenvalue weighted by Crippen LogP contribution is 2.40. The third-order valence-corrected chi connectivity index (χ3v) is 6.08. The van der Waals surface area contributed by atoms with Gasteiger partial charge in [0.2, 0.25) is 0 Å². The molecule has 1 aliphatic carbocycles. The van der Waals surface area contributed by atoms with Crippen LogP contribution in [0.5, 0.6) is 0 Å². The summed E-state index contributed by atoms with van der Waals surface area (Å²) >= 11 is 0. The average molecular weight is 438 g/mol. The average Bonchev–Trinajstić information content (AvgIpc) is 2.88. The van der Waals surface area contributed by atoms with Gasteiger partial charge in [0.1, 0.15) is 11.3 Å².